The predicted octanol–water partition coefficient (Wildman–Crippen LogP) is 2.50. The van der Waals surface area contributed by atoms with Crippen LogP contribution in [0, 0.1) is 0 Å². The minimum Gasteiger partial charge on any atom is -0.504 e. The van der Waals surface area contributed by atoms with Gasteiger partial charge in [0.25, 0.3) is 0 Å². The van der Waals surface area contributed by atoms with Crippen LogP contribution in [0.4, 0.5) is 13.2 Å². The first-order chi connectivity index (χ1) is 5.93. The summed E-state index contributed by atoms with van der Waals surface area (Å²) < 4.78 is 35.8. The summed E-state index contributed by atoms with van der Waals surface area (Å²) in [4.78, 5) is 11.0. The molecule has 0 heterocycles. The van der Waals surface area contributed by atoms with Crippen LogP contribution >= 0.6 is 0 Å². The van der Waals surface area contributed by atoms with Gasteiger partial charge in [0.1, 0.15) is 0 Å². The molecule has 74 valence electrons. The fraction of sp³-hybridized carbons (Fsp3) is 0.625. The molecule has 0 amide bonds. The molecule has 0 unspecified atom stereocenters. The monoisotopic (exact) mass is 194 g/mol. The Kier molecular flexibility index (Phi) is 2.63. The Morgan fingerprint density at radius 2 is 1.77 bits per heavy atom. The number of allylic oxidation sites excluding steroid dienone is 2. The Morgan fingerprint density at radius 1 is 1.23 bits per heavy atom. The molecule has 0 aliphatic heterocycles. The lowest BCUT2D eigenvalue weighted by Gasteiger charge is -2.15. The van der Waals surface area contributed by atoms with Gasteiger partial charge in [-0.15, -0.1) is 0 Å². The summed E-state index contributed by atoms with van der Waals surface area (Å²) in [6, 6.07) is 0. The largest absolute Gasteiger partial charge is 0.504 e. The summed E-state index contributed by atoms with van der Waals surface area (Å²) in [6.45, 7) is 0. The number of aliphatic hydroxyl groups excluding tert-OH is 1. The third kappa shape index (κ3) is 2.23. The zero-order chi connectivity index (χ0) is 10.1. The lowest BCUT2D eigenvalue weighted by molar-refractivity contribution is -0.128. The second kappa shape index (κ2) is 3.40. The maximum Gasteiger partial charge on any atom is 0.449 e. The molecule has 1 N–H and O–H groups in total. The highest BCUT2D eigenvalue weighted by atomic mass is 19.4. The molecule has 0 spiro atoms. The van der Waals surface area contributed by atoms with Gasteiger partial charge in [-0.05, 0) is 19.3 Å². The number of carbonyl (C=O) groups is 1. The van der Waals surface area contributed by atoms with Crippen molar-refractivity contribution in [2.24, 2.45) is 0 Å². The first-order valence-electron chi connectivity index (χ1n) is 3.95. The third-order valence-electron chi connectivity index (χ3n) is 1.97. The van der Waals surface area contributed by atoms with E-state index in [1.807, 2.05) is 0 Å². The van der Waals surface area contributed by atoms with Crippen molar-refractivity contribution in [3.63, 3.8) is 0 Å². The average molecular weight is 194 g/mol. The molecule has 1 saturated carbocycles. The van der Waals surface area contributed by atoms with Gasteiger partial charge in [0.15, 0.2) is 5.78 Å². The summed E-state index contributed by atoms with van der Waals surface area (Å²) in [5.41, 5.74) is -0.459. The van der Waals surface area contributed by atoms with E-state index in [0.29, 0.717) is 12.8 Å². The van der Waals surface area contributed by atoms with E-state index in [1.165, 1.54) is 0 Å². The van der Waals surface area contributed by atoms with Crippen LogP contribution in [-0.2, 0) is 4.79 Å². The number of aliphatic hydroxyl groups is 1. The number of halogens is 3. The van der Waals surface area contributed by atoms with Crippen LogP contribution in [0.1, 0.15) is 25.7 Å². The SMILES string of the molecule is O=C1CCCC/C1=C(/O)C(F)(F)F. The number of rotatable bonds is 0. The van der Waals surface area contributed by atoms with Crippen LogP contribution in [0.15, 0.2) is 11.3 Å². The van der Waals surface area contributed by atoms with Crippen molar-refractivity contribution in [1.82, 2.24) is 0 Å². The molecule has 5 heteroatoms. The van der Waals surface area contributed by atoms with Crippen LogP contribution in [0.5, 0.6) is 0 Å². The summed E-state index contributed by atoms with van der Waals surface area (Å²) in [5, 5.41) is 8.71. The number of Topliss-reactive ketones (excluding diaryl/α,β-unsaturated/α-hetero) is 1. The topological polar surface area (TPSA) is 37.3 Å². The van der Waals surface area contributed by atoms with Gasteiger partial charge in [0, 0.05) is 12.0 Å². The molecule has 1 aliphatic rings. The zero-order valence-electron chi connectivity index (χ0n) is 6.82. The maximum atomic E-state index is 11.9. The van der Waals surface area contributed by atoms with E-state index in [2.05, 4.69) is 0 Å². The van der Waals surface area contributed by atoms with Gasteiger partial charge in [-0.3, -0.25) is 4.79 Å². The second-order valence-electron chi connectivity index (χ2n) is 2.96. The van der Waals surface area contributed by atoms with Crippen molar-refractivity contribution in [3.8, 4) is 0 Å². The fourth-order valence-electron chi connectivity index (χ4n) is 1.30. The van der Waals surface area contributed by atoms with E-state index in [0.717, 1.165) is 0 Å². The normalized spacial score (nSPS) is 23.2. The Hall–Kier alpha value is -1.00. The van der Waals surface area contributed by atoms with E-state index in [4.69, 9.17) is 5.11 Å². The van der Waals surface area contributed by atoms with Crippen LogP contribution < -0.4 is 0 Å². The van der Waals surface area contributed by atoms with Gasteiger partial charge in [-0.25, -0.2) is 0 Å². The van der Waals surface area contributed by atoms with E-state index >= 15 is 0 Å². The van der Waals surface area contributed by atoms with Crippen molar-refractivity contribution in [3.05, 3.63) is 11.3 Å². The van der Waals surface area contributed by atoms with Crippen molar-refractivity contribution >= 4 is 5.78 Å². The maximum absolute atomic E-state index is 11.9. The lowest BCUT2D eigenvalue weighted by atomic mass is 9.92. The van der Waals surface area contributed by atoms with Gasteiger partial charge in [0.2, 0.25) is 5.76 Å². The van der Waals surface area contributed by atoms with E-state index in [-0.39, 0.29) is 12.8 Å². The molecule has 0 aromatic rings. The minimum atomic E-state index is -4.79. The predicted molar refractivity (Wildman–Crippen MR) is 39.2 cm³/mol. The number of alkyl halides is 3. The van der Waals surface area contributed by atoms with Gasteiger partial charge < -0.3 is 5.11 Å². The molecule has 13 heavy (non-hydrogen) atoms. The Morgan fingerprint density at radius 3 is 2.23 bits per heavy atom. The summed E-state index contributed by atoms with van der Waals surface area (Å²) in [7, 11) is 0. The van der Waals surface area contributed by atoms with Crippen LogP contribution in [-0.4, -0.2) is 17.1 Å². The molecule has 0 radical (unpaired) electrons. The number of carbonyl (C=O) groups excluding carboxylic acids is 1. The van der Waals surface area contributed by atoms with Gasteiger partial charge >= 0.3 is 6.18 Å². The molecule has 0 atom stereocenters. The smallest absolute Gasteiger partial charge is 0.449 e. The minimum absolute atomic E-state index is 0.0319. The van der Waals surface area contributed by atoms with E-state index in [9.17, 15) is 18.0 Å². The summed E-state index contributed by atoms with van der Waals surface area (Å²) >= 11 is 0. The fourth-order valence-corrected chi connectivity index (χ4v) is 1.30. The van der Waals surface area contributed by atoms with Crippen molar-refractivity contribution in [2.45, 2.75) is 31.9 Å². The first-order valence-corrected chi connectivity index (χ1v) is 3.95. The number of hydrogen-bond donors (Lipinski definition) is 1. The van der Waals surface area contributed by atoms with Crippen LogP contribution in [0.25, 0.3) is 0 Å². The summed E-state index contributed by atoms with van der Waals surface area (Å²) in [5.74, 6) is -2.29. The second-order valence-corrected chi connectivity index (χ2v) is 2.96. The van der Waals surface area contributed by atoms with Crippen molar-refractivity contribution < 1.29 is 23.1 Å². The van der Waals surface area contributed by atoms with Gasteiger partial charge in [0.05, 0.1) is 0 Å². The lowest BCUT2D eigenvalue weighted by Crippen LogP contribution is -2.20. The standard InChI is InChI=1S/C8H9F3O2/c9-8(10,11)7(13)5-3-1-2-4-6(5)12/h13H,1-4H2/b7-5-. The third-order valence-corrected chi connectivity index (χ3v) is 1.97. The summed E-state index contributed by atoms with van der Waals surface area (Å²) in [6.07, 6.45) is -3.52. The van der Waals surface area contributed by atoms with Gasteiger partial charge in [-0.1, -0.05) is 0 Å². The zero-order valence-corrected chi connectivity index (χ0v) is 6.82. The van der Waals surface area contributed by atoms with Crippen molar-refractivity contribution in [1.29, 1.82) is 0 Å². The quantitative estimate of drug-likeness (QED) is 0.475. The molecule has 1 aliphatic carbocycles. The highest BCUT2D eigenvalue weighted by Gasteiger charge is 2.38. The molecule has 1 fully saturated rings. The Labute approximate surface area is 73.1 Å². The number of ketones is 1. The van der Waals surface area contributed by atoms with E-state index in [1.54, 1.807) is 0 Å². The van der Waals surface area contributed by atoms with Crippen LogP contribution in [0.2, 0.25) is 0 Å². The first kappa shape index (κ1) is 10.1. The molecular weight excluding hydrogens is 185 g/mol. The van der Waals surface area contributed by atoms with Gasteiger partial charge in [-0.2, -0.15) is 13.2 Å². The molecule has 0 aromatic carbocycles. The molecule has 0 bridgehead atoms. The molecule has 2 nitrogen and oxygen atoms in total. The van der Waals surface area contributed by atoms with Crippen LogP contribution in [0.3, 0.4) is 0 Å². The van der Waals surface area contributed by atoms with Crippen molar-refractivity contribution in [2.75, 3.05) is 0 Å². The highest BCUT2D eigenvalue weighted by molar-refractivity contribution is 5.96. The average Bonchev–Trinajstić information content (AvgIpc) is 2.02. The molecular formula is C8H9F3O2. The molecule has 1 rings (SSSR count). The Bertz CT molecular complexity index is 253. The molecule has 0 aromatic heterocycles. The highest BCUT2D eigenvalue weighted by Crippen LogP contribution is 2.31. The number of hydrogen-bond acceptors (Lipinski definition) is 2. The molecule has 0 saturated heterocycles. The Balaban J connectivity index is 2.94. The van der Waals surface area contributed by atoms with E-state index < -0.39 is 23.3 Å².